The molecule has 2 N–H and O–H groups in total. The lowest BCUT2D eigenvalue weighted by Gasteiger charge is -2.15. The molecule has 0 amide bonds. The Hall–Kier alpha value is -1.79. The van der Waals surface area contributed by atoms with Crippen LogP contribution in [0.25, 0.3) is 0 Å². The van der Waals surface area contributed by atoms with Crippen LogP contribution in [0.4, 0.5) is 0 Å². The van der Waals surface area contributed by atoms with Crippen LogP contribution in [0.5, 0.6) is 5.75 Å². The molecule has 1 aromatic rings. The van der Waals surface area contributed by atoms with Crippen molar-refractivity contribution >= 4 is 5.96 Å². The molecule has 1 unspecified atom stereocenters. The van der Waals surface area contributed by atoms with E-state index in [1.54, 1.807) is 7.05 Å². The Labute approximate surface area is 162 Å². The van der Waals surface area contributed by atoms with Crippen LogP contribution in [0.15, 0.2) is 29.3 Å². The van der Waals surface area contributed by atoms with E-state index in [0.29, 0.717) is 12.5 Å². The van der Waals surface area contributed by atoms with Crippen molar-refractivity contribution in [2.75, 3.05) is 46.6 Å². The second-order valence-electron chi connectivity index (χ2n) is 7.37. The summed E-state index contributed by atoms with van der Waals surface area (Å²) in [5.41, 5.74) is 1.16. The molecule has 1 saturated heterocycles. The molecule has 0 bridgehead atoms. The molecule has 2 fully saturated rings. The Bertz CT molecular complexity index is 584. The van der Waals surface area contributed by atoms with Crippen molar-refractivity contribution in [1.82, 2.24) is 10.6 Å². The molecule has 0 aromatic heterocycles. The lowest BCUT2D eigenvalue weighted by atomic mass is 10.1. The molecule has 1 atom stereocenters. The zero-order valence-corrected chi connectivity index (χ0v) is 16.4. The Morgan fingerprint density at radius 3 is 2.81 bits per heavy atom. The number of nitrogens with one attached hydrogen (secondary N) is 2. The Balaban J connectivity index is 1.30. The number of hydrogen-bond acceptors (Lipinski definition) is 4. The van der Waals surface area contributed by atoms with Crippen LogP contribution >= 0.6 is 0 Å². The van der Waals surface area contributed by atoms with Crippen molar-refractivity contribution in [1.29, 1.82) is 0 Å². The average molecular weight is 376 g/mol. The van der Waals surface area contributed by atoms with Gasteiger partial charge in [-0.2, -0.15) is 0 Å². The molecule has 3 rings (SSSR count). The third-order valence-corrected chi connectivity index (χ3v) is 4.95. The van der Waals surface area contributed by atoms with Gasteiger partial charge in [0.15, 0.2) is 5.96 Å². The zero-order valence-electron chi connectivity index (χ0n) is 16.4. The Morgan fingerprint density at radius 2 is 2.04 bits per heavy atom. The van der Waals surface area contributed by atoms with Gasteiger partial charge in [-0.25, -0.2) is 0 Å². The fourth-order valence-electron chi connectivity index (χ4n) is 3.03. The molecular formula is C21H33N3O3. The molecule has 1 heterocycles. The Kier molecular flexibility index (Phi) is 8.24. The minimum Gasteiger partial charge on any atom is -0.493 e. The normalized spacial score (nSPS) is 19.9. The van der Waals surface area contributed by atoms with Gasteiger partial charge < -0.3 is 24.8 Å². The highest BCUT2D eigenvalue weighted by atomic mass is 16.5. The fraction of sp³-hybridized carbons (Fsp3) is 0.667. The number of hydrogen-bond donors (Lipinski definition) is 2. The minimum atomic E-state index is 0.578. The fourth-order valence-corrected chi connectivity index (χ4v) is 3.03. The first-order chi connectivity index (χ1) is 13.3. The topological polar surface area (TPSA) is 64.1 Å². The number of rotatable bonds is 11. The van der Waals surface area contributed by atoms with Gasteiger partial charge in [0.2, 0.25) is 0 Å². The van der Waals surface area contributed by atoms with Gasteiger partial charge in [-0.3, -0.25) is 4.99 Å². The van der Waals surface area contributed by atoms with E-state index in [2.05, 4.69) is 21.7 Å². The van der Waals surface area contributed by atoms with Gasteiger partial charge >= 0.3 is 0 Å². The first-order valence-corrected chi connectivity index (χ1v) is 10.2. The minimum absolute atomic E-state index is 0.578. The summed E-state index contributed by atoms with van der Waals surface area (Å²) in [4.78, 5) is 4.29. The highest BCUT2D eigenvalue weighted by Crippen LogP contribution is 2.30. The number of benzene rings is 1. The number of aliphatic imine (C=N–C) groups is 1. The first kappa shape index (κ1) is 20.0. The highest BCUT2D eigenvalue weighted by molar-refractivity contribution is 5.79. The smallest absolute Gasteiger partial charge is 0.191 e. The standard InChI is InChI=1S/C21H33N3O3/c1-22-21(23-10-4-11-25-14-18-9-12-26-15-18)24-13-19-5-2-3-6-20(19)27-16-17-7-8-17/h2-3,5-6,17-18H,4,7-16H2,1H3,(H2,22,23,24). The third kappa shape index (κ3) is 7.39. The van der Waals surface area contributed by atoms with Crippen molar-refractivity contribution < 1.29 is 14.2 Å². The van der Waals surface area contributed by atoms with E-state index in [-0.39, 0.29) is 0 Å². The van der Waals surface area contributed by atoms with Gasteiger partial charge in [-0.05, 0) is 37.7 Å². The Morgan fingerprint density at radius 1 is 1.15 bits per heavy atom. The van der Waals surface area contributed by atoms with Crippen LogP contribution < -0.4 is 15.4 Å². The second-order valence-corrected chi connectivity index (χ2v) is 7.37. The summed E-state index contributed by atoms with van der Waals surface area (Å²) in [6, 6.07) is 8.21. The van der Waals surface area contributed by atoms with Gasteiger partial charge in [0.1, 0.15) is 5.75 Å². The van der Waals surface area contributed by atoms with Gasteiger partial charge in [-0.1, -0.05) is 18.2 Å². The van der Waals surface area contributed by atoms with Crippen LogP contribution in [-0.2, 0) is 16.0 Å². The first-order valence-electron chi connectivity index (χ1n) is 10.2. The number of para-hydroxylation sites is 1. The maximum absolute atomic E-state index is 5.97. The molecule has 0 radical (unpaired) electrons. The number of ether oxygens (including phenoxy) is 3. The van der Waals surface area contributed by atoms with Gasteiger partial charge in [0.25, 0.3) is 0 Å². The van der Waals surface area contributed by atoms with Crippen LogP contribution in [0.1, 0.15) is 31.2 Å². The van der Waals surface area contributed by atoms with Crippen LogP contribution in [-0.4, -0.2) is 52.6 Å². The number of nitrogens with zero attached hydrogens (tertiary/aromatic N) is 1. The molecule has 1 aliphatic carbocycles. The summed E-state index contributed by atoms with van der Waals surface area (Å²) in [7, 11) is 1.79. The van der Waals surface area contributed by atoms with E-state index in [9.17, 15) is 0 Å². The molecule has 1 saturated carbocycles. The molecular weight excluding hydrogens is 342 g/mol. The molecule has 150 valence electrons. The van der Waals surface area contributed by atoms with Crippen LogP contribution in [0.3, 0.4) is 0 Å². The van der Waals surface area contributed by atoms with Crippen molar-refractivity contribution in [3.05, 3.63) is 29.8 Å². The lowest BCUT2D eigenvalue weighted by Crippen LogP contribution is -2.37. The van der Waals surface area contributed by atoms with Gasteiger partial charge in [0, 0.05) is 44.8 Å². The summed E-state index contributed by atoms with van der Waals surface area (Å²) in [6.07, 6.45) is 4.68. The van der Waals surface area contributed by atoms with E-state index in [0.717, 1.165) is 75.6 Å². The van der Waals surface area contributed by atoms with Crippen molar-refractivity contribution in [3.63, 3.8) is 0 Å². The van der Waals surface area contributed by atoms with E-state index in [1.165, 1.54) is 12.8 Å². The van der Waals surface area contributed by atoms with Gasteiger partial charge in [0.05, 0.1) is 19.8 Å². The molecule has 1 aliphatic heterocycles. The van der Waals surface area contributed by atoms with Crippen molar-refractivity contribution in [2.24, 2.45) is 16.8 Å². The van der Waals surface area contributed by atoms with E-state index >= 15 is 0 Å². The molecule has 6 heteroatoms. The highest BCUT2D eigenvalue weighted by Gasteiger charge is 2.22. The average Bonchev–Trinajstić information content (AvgIpc) is 3.39. The maximum atomic E-state index is 5.97. The summed E-state index contributed by atoms with van der Waals surface area (Å²) in [5, 5.41) is 6.71. The monoisotopic (exact) mass is 375 g/mol. The lowest BCUT2D eigenvalue weighted by molar-refractivity contribution is 0.0888. The van der Waals surface area contributed by atoms with Crippen molar-refractivity contribution in [2.45, 2.75) is 32.2 Å². The SMILES string of the molecule is CN=C(NCCCOCC1CCOC1)NCc1ccccc1OCC1CC1. The predicted octanol–water partition coefficient (Wildman–Crippen LogP) is 2.58. The molecule has 1 aromatic carbocycles. The molecule has 27 heavy (non-hydrogen) atoms. The maximum Gasteiger partial charge on any atom is 0.191 e. The molecule has 2 aliphatic rings. The zero-order chi connectivity index (χ0) is 18.7. The quantitative estimate of drug-likeness (QED) is 0.354. The van der Waals surface area contributed by atoms with E-state index in [1.807, 2.05) is 18.2 Å². The van der Waals surface area contributed by atoms with Crippen LogP contribution in [0.2, 0.25) is 0 Å². The van der Waals surface area contributed by atoms with E-state index < -0.39 is 0 Å². The van der Waals surface area contributed by atoms with E-state index in [4.69, 9.17) is 14.2 Å². The summed E-state index contributed by atoms with van der Waals surface area (Å²) >= 11 is 0. The third-order valence-electron chi connectivity index (χ3n) is 4.95. The van der Waals surface area contributed by atoms with Gasteiger partial charge in [-0.15, -0.1) is 0 Å². The second kappa shape index (κ2) is 11.1. The van der Waals surface area contributed by atoms with Crippen LogP contribution in [0, 0.1) is 11.8 Å². The van der Waals surface area contributed by atoms with Crippen molar-refractivity contribution in [3.8, 4) is 5.75 Å². The predicted molar refractivity (Wildman–Crippen MR) is 107 cm³/mol. The summed E-state index contributed by atoms with van der Waals surface area (Å²) < 4.78 is 17.1. The summed E-state index contributed by atoms with van der Waals surface area (Å²) in [6.45, 7) is 5.66. The largest absolute Gasteiger partial charge is 0.493 e. The molecule has 0 spiro atoms. The number of guanidine groups is 1. The molecule has 6 nitrogen and oxygen atoms in total. The summed E-state index contributed by atoms with van der Waals surface area (Å²) in [5.74, 6) is 3.10.